The predicted octanol–water partition coefficient (Wildman–Crippen LogP) is 4.49. The molecule has 0 aliphatic heterocycles. The van der Waals surface area contributed by atoms with Gasteiger partial charge in [-0.3, -0.25) is 0 Å². The Labute approximate surface area is 181 Å². The molecule has 2 aromatic rings. The Balaban J connectivity index is 1.28. The number of nitrogens with zero attached hydrogens (tertiary/aromatic N) is 3. The molecule has 5 nitrogen and oxygen atoms in total. The summed E-state index contributed by atoms with van der Waals surface area (Å²) in [5.74, 6) is 2.71. The fourth-order valence-electron chi connectivity index (χ4n) is 4.92. The van der Waals surface area contributed by atoms with Crippen LogP contribution >= 0.6 is 0 Å². The molecule has 5 heteroatoms. The first-order chi connectivity index (χ1) is 14.6. The smallest absolute Gasteiger partial charge is 0.225 e. The molecule has 0 radical (unpaired) electrons. The molecule has 0 saturated heterocycles. The van der Waals surface area contributed by atoms with Crippen molar-refractivity contribution in [1.82, 2.24) is 15.3 Å². The van der Waals surface area contributed by atoms with Gasteiger partial charge in [-0.15, -0.1) is 0 Å². The van der Waals surface area contributed by atoms with Crippen molar-refractivity contribution in [2.75, 3.05) is 30.9 Å². The lowest BCUT2D eigenvalue weighted by Gasteiger charge is -2.30. The molecule has 0 bridgehead atoms. The fraction of sp³-hybridized carbons (Fsp3) is 0.600. The largest absolute Gasteiger partial charge is 0.362 e. The summed E-state index contributed by atoms with van der Waals surface area (Å²) in [6, 6.07) is 9.16. The summed E-state index contributed by atoms with van der Waals surface area (Å²) in [4.78, 5) is 11.9. The first-order valence-corrected chi connectivity index (χ1v) is 11.7. The highest BCUT2D eigenvalue weighted by Gasteiger charge is 2.24. The Morgan fingerprint density at radius 3 is 2.53 bits per heavy atom. The van der Waals surface area contributed by atoms with E-state index in [0.717, 1.165) is 43.6 Å². The van der Waals surface area contributed by atoms with Crippen molar-refractivity contribution in [3.63, 3.8) is 0 Å². The van der Waals surface area contributed by atoms with Gasteiger partial charge < -0.3 is 15.5 Å². The van der Waals surface area contributed by atoms with Gasteiger partial charge in [0, 0.05) is 32.2 Å². The Kier molecular flexibility index (Phi) is 6.88. The zero-order valence-electron chi connectivity index (χ0n) is 18.9. The maximum Gasteiger partial charge on any atom is 0.225 e. The van der Waals surface area contributed by atoms with Crippen LogP contribution in [0.1, 0.15) is 60.9 Å². The van der Waals surface area contributed by atoms with Crippen LogP contribution in [0.4, 0.5) is 11.8 Å². The average Bonchev–Trinajstić information content (AvgIpc) is 2.75. The van der Waals surface area contributed by atoms with E-state index in [1.165, 1.54) is 60.9 Å². The van der Waals surface area contributed by atoms with Crippen molar-refractivity contribution < 1.29 is 0 Å². The summed E-state index contributed by atoms with van der Waals surface area (Å²) in [5, 5.41) is 7.35. The van der Waals surface area contributed by atoms with E-state index in [4.69, 9.17) is 9.97 Å². The zero-order chi connectivity index (χ0) is 20.9. The highest BCUT2D eigenvalue weighted by atomic mass is 15.2. The summed E-state index contributed by atoms with van der Waals surface area (Å²) in [5.41, 5.74) is 5.41. The highest BCUT2D eigenvalue weighted by Crippen LogP contribution is 2.30. The molecule has 1 aromatic heterocycles. The number of aromatic nitrogens is 2. The van der Waals surface area contributed by atoms with Crippen LogP contribution < -0.4 is 15.5 Å². The lowest BCUT2D eigenvalue weighted by molar-refractivity contribution is 0.323. The van der Waals surface area contributed by atoms with Crippen molar-refractivity contribution in [3.05, 3.63) is 46.6 Å². The maximum atomic E-state index is 4.90. The van der Waals surface area contributed by atoms with E-state index in [1.54, 1.807) is 0 Å². The molecule has 0 spiro atoms. The van der Waals surface area contributed by atoms with Crippen LogP contribution in [0.5, 0.6) is 0 Å². The second kappa shape index (κ2) is 9.78. The Bertz CT molecular complexity index is 839. The molecular formula is C25H37N5. The SMILES string of the molecule is Cc1ccccc1CNC[C@H]1CC[C@@H](Nc2nc3c(c(N(C)C)n2)CCCC3)CC1. The minimum atomic E-state index is 0.495. The summed E-state index contributed by atoms with van der Waals surface area (Å²) in [6.07, 6.45) is 9.65. The first-order valence-electron chi connectivity index (χ1n) is 11.7. The molecule has 1 saturated carbocycles. The van der Waals surface area contributed by atoms with Gasteiger partial charge in [-0.1, -0.05) is 24.3 Å². The Hall–Kier alpha value is -2.14. The number of aryl methyl sites for hydroxylation is 2. The van der Waals surface area contributed by atoms with Gasteiger partial charge in [-0.25, -0.2) is 4.98 Å². The lowest BCUT2D eigenvalue weighted by Crippen LogP contribution is -2.32. The van der Waals surface area contributed by atoms with Crippen LogP contribution in [-0.2, 0) is 19.4 Å². The second-order valence-electron chi connectivity index (χ2n) is 9.32. The topological polar surface area (TPSA) is 53.1 Å². The number of rotatable bonds is 7. The zero-order valence-corrected chi connectivity index (χ0v) is 18.9. The van der Waals surface area contributed by atoms with Gasteiger partial charge >= 0.3 is 0 Å². The average molecular weight is 408 g/mol. The first kappa shape index (κ1) is 21.1. The van der Waals surface area contributed by atoms with Crippen LogP contribution in [0.2, 0.25) is 0 Å². The third-order valence-corrected chi connectivity index (χ3v) is 6.77. The molecule has 2 N–H and O–H groups in total. The third-order valence-electron chi connectivity index (χ3n) is 6.77. The molecule has 0 amide bonds. The van der Waals surface area contributed by atoms with Crippen LogP contribution in [-0.4, -0.2) is 36.6 Å². The second-order valence-corrected chi connectivity index (χ2v) is 9.32. The molecule has 0 unspecified atom stereocenters. The predicted molar refractivity (Wildman–Crippen MR) is 125 cm³/mol. The molecule has 0 atom stereocenters. The normalized spacial score (nSPS) is 21.2. The van der Waals surface area contributed by atoms with E-state index < -0.39 is 0 Å². The Morgan fingerprint density at radius 1 is 1.00 bits per heavy atom. The van der Waals surface area contributed by atoms with Gasteiger partial charge in [0.05, 0.1) is 5.69 Å². The fourth-order valence-corrected chi connectivity index (χ4v) is 4.92. The molecule has 162 valence electrons. The van der Waals surface area contributed by atoms with Gasteiger partial charge in [0.15, 0.2) is 0 Å². The number of fused-ring (bicyclic) bond motifs is 1. The molecule has 1 fully saturated rings. The van der Waals surface area contributed by atoms with Gasteiger partial charge in [0.2, 0.25) is 5.95 Å². The maximum absolute atomic E-state index is 4.90. The van der Waals surface area contributed by atoms with Crippen molar-refractivity contribution in [2.24, 2.45) is 5.92 Å². The van der Waals surface area contributed by atoms with Crippen LogP contribution in [0.15, 0.2) is 24.3 Å². The highest BCUT2D eigenvalue weighted by molar-refractivity contribution is 5.52. The quantitative estimate of drug-likeness (QED) is 0.708. The number of hydrogen-bond acceptors (Lipinski definition) is 5. The lowest BCUT2D eigenvalue weighted by atomic mass is 9.86. The van der Waals surface area contributed by atoms with Crippen molar-refractivity contribution >= 4 is 11.8 Å². The van der Waals surface area contributed by atoms with Gasteiger partial charge in [0.25, 0.3) is 0 Å². The minimum absolute atomic E-state index is 0.495. The standard InChI is InChI=1S/C25H37N5/c1-18-8-4-5-9-20(18)17-26-16-19-12-14-21(15-13-19)27-25-28-23-11-7-6-10-22(23)24(29-25)30(2)3/h4-5,8-9,19,21,26H,6-7,10-17H2,1-3H3,(H,27,28,29)/t19-,21+. The summed E-state index contributed by atoms with van der Waals surface area (Å²) >= 11 is 0. The van der Waals surface area contributed by atoms with E-state index >= 15 is 0 Å². The summed E-state index contributed by atoms with van der Waals surface area (Å²) < 4.78 is 0. The van der Waals surface area contributed by atoms with Crippen LogP contribution in [0.3, 0.4) is 0 Å². The monoisotopic (exact) mass is 407 g/mol. The van der Waals surface area contributed by atoms with E-state index in [1.807, 2.05) is 0 Å². The Morgan fingerprint density at radius 2 is 1.77 bits per heavy atom. The minimum Gasteiger partial charge on any atom is -0.362 e. The number of benzene rings is 1. The van der Waals surface area contributed by atoms with Crippen molar-refractivity contribution in [2.45, 2.75) is 70.9 Å². The van der Waals surface area contributed by atoms with Gasteiger partial charge in [0.1, 0.15) is 5.82 Å². The van der Waals surface area contributed by atoms with Crippen molar-refractivity contribution in [3.8, 4) is 0 Å². The molecular weight excluding hydrogens is 370 g/mol. The van der Waals surface area contributed by atoms with Crippen LogP contribution in [0.25, 0.3) is 0 Å². The van der Waals surface area contributed by atoms with Gasteiger partial charge in [-0.05, 0) is 81.9 Å². The van der Waals surface area contributed by atoms with Gasteiger partial charge in [-0.2, -0.15) is 4.98 Å². The molecule has 1 aromatic carbocycles. The van der Waals surface area contributed by atoms with E-state index in [0.29, 0.717) is 6.04 Å². The molecule has 2 aliphatic carbocycles. The number of hydrogen-bond donors (Lipinski definition) is 2. The van der Waals surface area contributed by atoms with E-state index in [9.17, 15) is 0 Å². The molecule has 30 heavy (non-hydrogen) atoms. The van der Waals surface area contributed by atoms with Crippen LogP contribution in [0, 0.1) is 12.8 Å². The number of anilines is 2. The third kappa shape index (κ3) is 5.12. The van der Waals surface area contributed by atoms with E-state index in [-0.39, 0.29) is 0 Å². The van der Waals surface area contributed by atoms with E-state index in [2.05, 4.69) is 60.8 Å². The number of nitrogens with one attached hydrogen (secondary N) is 2. The molecule has 4 rings (SSSR count). The molecule has 1 heterocycles. The van der Waals surface area contributed by atoms with Crippen molar-refractivity contribution in [1.29, 1.82) is 0 Å². The molecule has 2 aliphatic rings. The summed E-state index contributed by atoms with van der Waals surface area (Å²) in [7, 11) is 4.19. The summed E-state index contributed by atoms with van der Waals surface area (Å²) in [6.45, 7) is 4.28.